The second-order valence-corrected chi connectivity index (χ2v) is 7.47. The Kier molecular flexibility index (Phi) is 5.15. The first-order valence-corrected chi connectivity index (χ1v) is 9.91. The van der Waals surface area contributed by atoms with E-state index in [1.165, 1.54) is 12.8 Å². The third-order valence-corrected chi connectivity index (χ3v) is 5.63. The van der Waals surface area contributed by atoms with Crippen LogP contribution in [0.2, 0.25) is 0 Å². The van der Waals surface area contributed by atoms with Gasteiger partial charge in [-0.25, -0.2) is 9.89 Å². The molecular weight excluding hydrogens is 346 g/mol. The molecule has 2 aromatic rings. The van der Waals surface area contributed by atoms with Crippen molar-refractivity contribution in [2.75, 3.05) is 26.2 Å². The fourth-order valence-corrected chi connectivity index (χ4v) is 4.21. The van der Waals surface area contributed by atoms with Crippen LogP contribution < -0.4 is 5.69 Å². The molecule has 27 heavy (non-hydrogen) atoms. The second-order valence-electron chi connectivity index (χ2n) is 7.47. The molecule has 0 aromatic carbocycles. The maximum absolute atomic E-state index is 12.9. The Bertz CT molecular complexity index is 846. The Labute approximate surface area is 158 Å². The number of hydrogen-bond acceptors (Lipinski definition) is 5. The second kappa shape index (κ2) is 7.72. The van der Waals surface area contributed by atoms with Crippen LogP contribution in [0.5, 0.6) is 0 Å². The quantitative estimate of drug-likeness (QED) is 0.863. The Morgan fingerprint density at radius 3 is 2.85 bits per heavy atom. The lowest BCUT2D eigenvalue weighted by Crippen LogP contribution is -2.40. The first-order valence-electron chi connectivity index (χ1n) is 9.91. The summed E-state index contributed by atoms with van der Waals surface area (Å²) in [6.07, 6.45) is 4.28. The number of H-pyrrole nitrogens is 1. The Morgan fingerprint density at radius 1 is 1.26 bits per heavy atom. The molecule has 0 aliphatic carbocycles. The summed E-state index contributed by atoms with van der Waals surface area (Å²) < 4.78 is 7.49. The Balaban J connectivity index is 1.44. The normalized spacial score (nSPS) is 21.1. The van der Waals surface area contributed by atoms with Gasteiger partial charge in [-0.1, -0.05) is 0 Å². The van der Waals surface area contributed by atoms with Crippen molar-refractivity contribution >= 4 is 5.91 Å². The molecule has 146 valence electrons. The molecule has 4 heterocycles. The number of piperidine rings is 1. The standard InChI is InChI=1S/C19H27N5O3/c1-2-24-17(20-21-19(24)26)14-6-5-11-23(12-14)18(25)16-8-7-15(27-16)13-22-9-3-4-10-22/h7-8,14H,2-6,9-13H2,1H3,(H,21,26)/t14-/m1/s1. The Hall–Kier alpha value is -2.35. The number of amides is 1. The minimum Gasteiger partial charge on any atom is -0.455 e. The number of furan rings is 1. The van der Waals surface area contributed by atoms with Crippen molar-refractivity contribution in [2.45, 2.75) is 51.6 Å². The average Bonchev–Trinajstić information content (AvgIpc) is 3.43. The molecule has 2 aliphatic rings. The molecule has 4 rings (SSSR count). The van der Waals surface area contributed by atoms with Gasteiger partial charge in [0.2, 0.25) is 0 Å². The van der Waals surface area contributed by atoms with E-state index in [1.54, 1.807) is 10.6 Å². The zero-order valence-corrected chi connectivity index (χ0v) is 15.8. The van der Waals surface area contributed by atoms with Gasteiger partial charge in [0.1, 0.15) is 11.6 Å². The van der Waals surface area contributed by atoms with Crippen LogP contribution >= 0.6 is 0 Å². The van der Waals surface area contributed by atoms with E-state index >= 15 is 0 Å². The number of nitrogens with one attached hydrogen (secondary N) is 1. The van der Waals surface area contributed by atoms with Gasteiger partial charge in [0, 0.05) is 25.6 Å². The van der Waals surface area contributed by atoms with Gasteiger partial charge in [-0.2, -0.15) is 5.10 Å². The third-order valence-electron chi connectivity index (χ3n) is 5.63. The van der Waals surface area contributed by atoms with Gasteiger partial charge in [-0.15, -0.1) is 0 Å². The number of carbonyl (C=O) groups is 1. The van der Waals surface area contributed by atoms with E-state index in [9.17, 15) is 9.59 Å². The van der Waals surface area contributed by atoms with Crippen LogP contribution in [0.25, 0.3) is 0 Å². The van der Waals surface area contributed by atoms with Gasteiger partial charge in [0.25, 0.3) is 5.91 Å². The van der Waals surface area contributed by atoms with Crippen molar-refractivity contribution in [2.24, 2.45) is 0 Å². The number of aromatic amines is 1. The van der Waals surface area contributed by atoms with E-state index in [1.807, 2.05) is 17.9 Å². The van der Waals surface area contributed by atoms with Crippen molar-refractivity contribution in [3.63, 3.8) is 0 Å². The van der Waals surface area contributed by atoms with Crippen LogP contribution in [0.4, 0.5) is 0 Å². The molecule has 8 heteroatoms. The predicted molar refractivity (Wildman–Crippen MR) is 99.6 cm³/mol. The monoisotopic (exact) mass is 373 g/mol. The smallest absolute Gasteiger partial charge is 0.343 e. The molecule has 2 saturated heterocycles. The molecule has 2 aliphatic heterocycles. The first-order chi connectivity index (χ1) is 13.2. The van der Waals surface area contributed by atoms with E-state index in [4.69, 9.17) is 4.42 Å². The summed E-state index contributed by atoms with van der Waals surface area (Å²) in [7, 11) is 0. The van der Waals surface area contributed by atoms with Crippen LogP contribution in [-0.2, 0) is 13.1 Å². The van der Waals surface area contributed by atoms with Gasteiger partial charge in [0.15, 0.2) is 5.76 Å². The molecule has 1 N–H and O–H groups in total. The number of rotatable bonds is 5. The molecule has 1 amide bonds. The number of carbonyl (C=O) groups excluding carboxylic acids is 1. The fraction of sp³-hybridized carbons (Fsp3) is 0.632. The third kappa shape index (κ3) is 3.71. The highest BCUT2D eigenvalue weighted by Gasteiger charge is 2.30. The summed E-state index contributed by atoms with van der Waals surface area (Å²) in [5.41, 5.74) is -0.187. The van der Waals surface area contributed by atoms with Gasteiger partial charge in [-0.05, 0) is 57.8 Å². The number of nitrogens with zero attached hydrogens (tertiary/aromatic N) is 4. The fourth-order valence-electron chi connectivity index (χ4n) is 4.21. The van der Waals surface area contributed by atoms with E-state index < -0.39 is 0 Å². The highest BCUT2D eigenvalue weighted by Crippen LogP contribution is 2.26. The summed E-state index contributed by atoms with van der Waals surface area (Å²) in [4.78, 5) is 28.9. The average molecular weight is 373 g/mol. The van der Waals surface area contributed by atoms with Crippen molar-refractivity contribution in [3.8, 4) is 0 Å². The molecule has 2 aromatic heterocycles. The summed E-state index contributed by atoms with van der Waals surface area (Å²) in [5, 5.41) is 6.73. The molecule has 0 bridgehead atoms. The van der Waals surface area contributed by atoms with E-state index in [0.29, 0.717) is 25.4 Å². The van der Waals surface area contributed by atoms with Gasteiger partial charge in [0.05, 0.1) is 6.54 Å². The van der Waals surface area contributed by atoms with Crippen molar-refractivity contribution in [1.29, 1.82) is 0 Å². The van der Waals surface area contributed by atoms with Gasteiger partial charge in [-0.3, -0.25) is 14.3 Å². The van der Waals surface area contributed by atoms with Gasteiger partial charge >= 0.3 is 5.69 Å². The maximum Gasteiger partial charge on any atom is 0.343 e. The van der Waals surface area contributed by atoms with E-state index in [0.717, 1.165) is 44.1 Å². The summed E-state index contributed by atoms with van der Waals surface area (Å²) in [6.45, 7) is 6.74. The number of likely N-dealkylation sites (tertiary alicyclic amines) is 2. The molecule has 0 radical (unpaired) electrons. The first kappa shape index (κ1) is 18.0. The molecule has 0 saturated carbocycles. The van der Waals surface area contributed by atoms with E-state index in [2.05, 4.69) is 15.1 Å². The largest absolute Gasteiger partial charge is 0.455 e. The van der Waals surface area contributed by atoms with Crippen molar-refractivity contribution in [1.82, 2.24) is 24.6 Å². The number of hydrogen-bond donors (Lipinski definition) is 1. The molecule has 8 nitrogen and oxygen atoms in total. The SMILES string of the molecule is CCn1c([C@@H]2CCCN(C(=O)c3ccc(CN4CCCC4)o3)C2)n[nH]c1=O. The van der Waals surface area contributed by atoms with Crippen LogP contribution in [0.1, 0.15) is 60.7 Å². The molecule has 0 unspecified atom stereocenters. The van der Waals surface area contributed by atoms with Crippen LogP contribution in [-0.4, -0.2) is 56.7 Å². The number of aromatic nitrogens is 3. The summed E-state index contributed by atoms with van der Waals surface area (Å²) in [5.74, 6) is 1.99. The lowest BCUT2D eigenvalue weighted by molar-refractivity contribution is 0.0667. The van der Waals surface area contributed by atoms with Crippen LogP contribution in [0, 0.1) is 0 Å². The maximum atomic E-state index is 12.9. The molecule has 0 spiro atoms. The van der Waals surface area contributed by atoms with Crippen molar-refractivity contribution in [3.05, 3.63) is 40.0 Å². The summed E-state index contributed by atoms with van der Waals surface area (Å²) in [6, 6.07) is 3.70. The zero-order valence-electron chi connectivity index (χ0n) is 15.8. The van der Waals surface area contributed by atoms with Crippen molar-refractivity contribution < 1.29 is 9.21 Å². The molecular formula is C19H27N5O3. The van der Waals surface area contributed by atoms with Gasteiger partial charge < -0.3 is 9.32 Å². The minimum absolute atomic E-state index is 0.0700. The zero-order chi connectivity index (χ0) is 18.8. The minimum atomic E-state index is -0.187. The highest BCUT2D eigenvalue weighted by molar-refractivity contribution is 5.91. The molecule has 1 atom stereocenters. The Morgan fingerprint density at radius 2 is 2.07 bits per heavy atom. The topological polar surface area (TPSA) is 87.4 Å². The van der Waals surface area contributed by atoms with Crippen LogP contribution in [0.3, 0.4) is 0 Å². The summed E-state index contributed by atoms with van der Waals surface area (Å²) >= 11 is 0. The predicted octanol–water partition coefficient (Wildman–Crippen LogP) is 1.80. The lowest BCUT2D eigenvalue weighted by atomic mass is 9.97. The van der Waals surface area contributed by atoms with Crippen LogP contribution in [0.15, 0.2) is 21.3 Å². The lowest BCUT2D eigenvalue weighted by Gasteiger charge is -2.31. The highest BCUT2D eigenvalue weighted by atomic mass is 16.4. The molecule has 2 fully saturated rings. The van der Waals surface area contributed by atoms with E-state index in [-0.39, 0.29) is 17.5 Å².